The summed E-state index contributed by atoms with van der Waals surface area (Å²) in [5.41, 5.74) is 0.0375. The van der Waals surface area contributed by atoms with Crippen molar-refractivity contribution in [3.63, 3.8) is 0 Å². The van der Waals surface area contributed by atoms with Crippen molar-refractivity contribution in [1.82, 2.24) is 0 Å². The number of hydrogen-bond donors (Lipinski definition) is 1. The van der Waals surface area contributed by atoms with Crippen molar-refractivity contribution in [3.8, 4) is 0 Å². The predicted molar refractivity (Wildman–Crippen MR) is 72.5 cm³/mol. The minimum atomic E-state index is -0.784. The van der Waals surface area contributed by atoms with Crippen molar-refractivity contribution in [2.24, 2.45) is 11.8 Å². The highest BCUT2D eigenvalue weighted by molar-refractivity contribution is 6.35. The Morgan fingerprint density at radius 3 is 2.53 bits per heavy atom. The maximum absolute atomic E-state index is 10.8. The smallest absolute Gasteiger partial charge is 0.0913 e. The molecule has 0 bridgehead atoms. The lowest BCUT2D eigenvalue weighted by molar-refractivity contribution is -0.0335. The normalized spacial score (nSPS) is 33.7. The lowest BCUT2D eigenvalue weighted by Crippen LogP contribution is -2.35. The summed E-state index contributed by atoms with van der Waals surface area (Å²) in [6.07, 6.45) is 2.59. The van der Waals surface area contributed by atoms with Gasteiger partial charge in [-0.3, -0.25) is 0 Å². The first kappa shape index (κ1) is 13.2. The zero-order valence-electron chi connectivity index (χ0n) is 10.2. The minimum absolute atomic E-state index is 0.514. The van der Waals surface area contributed by atoms with Crippen molar-refractivity contribution >= 4 is 23.2 Å². The lowest BCUT2D eigenvalue weighted by atomic mass is 9.70. The second-order valence-corrected chi connectivity index (χ2v) is 6.20. The molecule has 0 aromatic heterocycles. The summed E-state index contributed by atoms with van der Waals surface area (Å²) >= 11 is 12.1. The first-order valence-corrected chi connectivity index (χ1v) is 6.86. The van der Waals surface area contributed by atoms with Crippen molar-refractivity contribution in [1.29, 1.82) is 0 Å². The van der Waals surface area contributed by atoms with E-state index in [0.717, 1.165) is 24.8 Å². The van der Waals surface area contributed by atoms with Crippen LogP contribution in [0, 0.1) is 11.8 Å². The Hall–Kier alpha value is -0.240. The molecule has 1 aromatic rings. The third kappa shape index (κ3) is 2.62. The Morgan fingerprint density at radius 2 is 1.94 bits per heavy atom. The van der Waals surface area contributed by atoms with Gasteiger partial charge in [0.05, 0.1) is 5.60 Å². The van der Waals surface area contributed by atoms with Crippen molar-refractivity contribution in [2.75, 3.05) is 0 Å². The van der Waals surface area contributed by atoms with Crippen LogP contribution in [0.2, 0.25) is 10.0 Å². The first-order valence-electron chi connectivity index (χ1n) is 6.10. The van der Waals surface area contributed by atoms with Gasteiger partial charge in [0.2, 0.25) is 0 Å². The van der Waals surface area contributed by atoms with E-state index < -0.39 is 5.60 Å². The van der Waals surface area contributed by atoms with Gasteiger partial charge in [-0.15, -0.1) is 0 Å². The number of halogens is 2. The molecule has 0 aliphatic heterocycles. The van der Waals surface area contributed by atoms with Crippen molar-refractivity contribution in [2.45, 2.75) is 38.7 Å². The Balaban J connectivity index is 2.32. The molecule has 3 atom stereocenters. The molecule has 1 saturated carbocycles. The molecule has 1 N–H and O–H groups in total. The van der Waals surface area contributed by atoms with Gasteiger partial charge in [0.25, 0.3) is 0 Å². The summed E-state index contributed by atoms with van der Waals surface area (Å²) in [7, 11) is 0. The molecule has 3 heteroatoms. The summed E-state index contributed by atoms with van der Waals surface area (Å²) in [5, 5.41) is 12.0. The average Bonchev–Trinajstić information content (AvgIpc) is 2.24. The molecule has 0 spiro atoms. The molecule has 2 rings (SSSR count). The molecule has 3 unspecified atom stereocenters. The van der Waals surface area contributed by atoms with Gasteiger partial charge in [-0.2, -0.15) is 0 Å². The van der Waals surface area contributed by atoms with Gasteiger partial charge >= 0.3 is 0 Å². The van der Waals surface area contributed by atoms with Crippen LogP contribution in [0.25, 0.3) is 0 Å². The molecule has 1 fully saturated rings. The van der Waals surface area contributed by atoms with E-state index in [1.807, 2.05) is 6.07 Å². The van der Waals surface area contributed by atoms with Gasteiger partial charge in [0.1, 0.15) is 0 Å². The Morgan fingerprint density at radius 1 is 1.24 bits per heavy atom. The van der Waals surface area contributed by atoms with E-state index in [2.05, 4.69) is 13.8 Å². The maximum atomic E-state index is 10.8. The van der Waals surface area contributed by atoms with E-state index in [4.69, 9.17) is 23.2 Å². The van der Waals surface area contributed by atoms with Crippen LogP contribution in [0.15, 0.2) is 18.2 Å². The highest BCUT2D eigenvalue weighted by Gasteiger charge is 2.38. The zero-order chi connectivity index (χ0) is 12.6. The highest BCUT2D eigenvalue weighted by atomic mass is 35.5. The summed E-state index contributed by atoms with van der Waals surface area (Å²) in [4.78, 5) is 0. The van der Waals surface area contributed by atoms with E-state index in [9.17, 15) is 5.11 Å². The fraction of sp³-hybridized carbons (Fsp3) is 0.571. The van der Waals surface area contributed by atoms with E-state index >= 15 is 0 Å². The van der Waals surface area contributed by atoms with Crippen LogP contribution in [0.3, 0.4) is 0 Å². The molecule has 0 heterocycles. The van der Waals surface area contributed by atoms with E-state index in [1.54, 1.807) is 12.1 Å². The minimum Gasteiger partial charge on any atom is -0.385 e. The molecule has 0 saturated heterocycles. The van der Waals surface area contributed by atoms with Crippen LogP contribution in [0.5, 0.6) is 0 Å². The highest BCUT2D eigenvalue weighted by Crippen LogP contribution is 2.44. The van der Waals surface area contributed by atoms with Gasteiger partial charge in [-0.25, -0.2) is 0 Å². The summed E-state index contributed by atoms with van der Waals surface area (Å²) in [6, 6.07) is 5.36. The van der Waals surface area contributed by atoms with Crippen LogP contribution in [-0.4, -0.2) is 5.11 Å². The summed E-state index contributed by atoms with van der Waals surface area (Å²) < 4.78 is 0. The third-order valence-corrected chi connectivity index (χ3v) is 4.62. The predicted octanol–water partition coefficient (Wildman–Crippen LogP) is 4.64. The molecule has 0 amide bonds. The fourth-order valence-electron chi connectivity index (χ4n) is 2.70. The maximum Gasteiger partial charge on any atom is 0.0913 e. The number of hydrogen-bond acceptors (Lipinski definition) is 1. The fourth-order valence-corrected chi connectivity index (χ4v) is 3.28. The molecule has 1 aromatic carbocycles. The van der Waals surface area contributed by atoms with Gasteiger partial charge < -0.3 is 5.11 Å². The summed E-state index contributed by atoms with van der Waals surface area (Å²) in [6.45, 7) is 4.44. The second-order valence-electron chi connectivity index (χ2n) is 5.35. The molecular weight excluding hydrogens is 255 g/mol. The van der Waals surface area contributed by atoms with Crippen LogP contribution in [0.1, 0.15) is 38.7 Å². The Bertz CT molecular complexity index is 419. The monoisotopic (exact) mass is 272 g/mol. The molecule has 1 aliphatic rings. The average molecular weight is 273 g/mol. The SMILES string of the molecule is CC1CCC(O)(c2ccc(Cl)cc2Cl)CC1C. The van der Waals surface area contributed by atoms with Gasteiger partial charge in [0.15, 0.2) is 0 Å². The van der Waals surface area contributed by atoms with Crippen LogP contribution in [0.4, 0.5) is 0 Å². The molecule has 1 nitrogen and oxygen atoms in total. The Labute approximate surface area is 113 Å². The van der Waals surface area contributed by atoms with E-state index in [1.165, 1.54) is 0 Å². The number of benzene rings is 1. The van der Waals surface area contributed by atoms with Gasteiger partial charge in [-0.05, 0) is 43.2 Å². The molecular formula is C14H18Cl2O. The topological polar surface area (TPSA) is 20.2 Å². The summed E-state index contributed by atoms with van der Waals surface area (Å²) in [5.74, 6) is 1.18. The van der Waals surface area contributed by atoms with Gasteiger partial charge in [0, 0.05) is 15.6 Å². The largest absolute Gasteiger partial charge is 0.385 e. The van der Waals surface area contributed by atoms with Gasteiger partial charge in [-0.1, -0.05) is 43.1 Å². The zero-order valence-corrected chi connectivity index (χ0v) is 11.7. The van der Waals surface area contributed by atoms with Crippen molar-refractivity contribution in [3.05, 3.63) is 33.8 Å². The molecule has 94 valence electrons. The van der Waals surface area contributed by atoms with E-state index in [0.29, 0.717) is 21.9 Å². The third-order valence-electron chi connectivity index (χ3n) is 4.08. The number of aliphatic hydroxyl groups is 1. The van der Waals surface area contributed by atoms with Crippen LogP contribution < -0.4 is 0 Å². The first-order chi connectivity index (χ1) is 7.92. The number of rotatable bonds is 1. The van der Waals surface area contributed by atoms with Crippen LogP contribution in [-0.2, 0) is 5.60 Å². The van der Waals surface area contributed by atoms with Crippen molar-refractivity contribution < 1.29 is 5.11 Å². The second kappa shape index (κ2) is 4.79. The van der Waals surface area contributed by atoms with E-state index in [-0.39, 0.29) is 0 Å². The molecule has 17 heavy (non-hydrogen) atoms. The molecule has 1 aliphatic carbocycles. The Kier molecular flexibility index (Phi) is 3.72. The standard InChI is InChI=1S/C14H18Cl2O/c1-9-5-6-14(17,8-10(9)2)12-4-3-11(15)7-13(12)16/h3-4,7,9-10,17H,5-6,8H2,1-2H3. The quantitative estimate of drug-likeness (QED) is 0.790. The molecule has 0 radical (unpaired) electrons. The lowest BCUT2D eigenvalue weighted by Gasteiger charge is -2.39. The van der Waals surface area contributed by atoms with Crippen LogP contribution >= 0.6 is 23.2 Å².